The Labute approximate surface area is 110 Å². The van der Waals surface area contributed by atoms with E-state index in [1.807, 2.05) is 13.0 Å². The van der Waals surface area contributed by atoms with Crippen molar-refractivity contribution in [1.29, 1.82) is 0 Å². The van der Waals surface area contributed by atoms with E-state index in [9.17, 15) is 0 Å². The van der Waals surface area contributed by atoms with Crippen molar-refractivity contribution in [2.45, 2.75) is 26.2 Å². The van der Waals surface area contributed by atoms with Gasteiger partial charge in [-0.15, -0.1) is 0 Å². The molecule has 1 aliphatic heterocycles. The van der Waals surface area contributed by atoms with E-state index >= 15 is 0 Å². The van der Waals surface area contributed by atoms with Crippen molar-refractivity contribution >= 4 is 0 Å². The van der Waals surface area contributed by atoms with Crippen molar-refractivity contribution in [3.8, 4) is 5.75 Å². The molecule has 0 atom stereocenters. The van der Waals surface area contributed by atoms with Gasteiger partial charge in [-0.1, -0.05) is 24.8 Å². The van der Waals surface area contributed by atoms with Gasteiger partial charge in [-0.05, 0) is 62.4 Å². The third kappa shape index (κ3) is 3.88. The Hall–Kier alpha value is -1.28. The lowest BCUT2D eigenvalue weighted by Gasteiger charge is -2.23. The van der Waals surface area contributed by atoms with E-state index in [-0.39, 0.29) is 0 Å². The maximum Gasteiger partial charge on any atom is 0.122 e. The minimum atomic E-state index is 0.614. The molecule has 0 amide bonds. The van der Waals surface area contributed by atoms with Crippen LogP contribution in [-0.2, 0) is 6.42 Å². The summed E-state index contributed by atoms with van der Waals surface area (Å²) in [5.74, 6) is 1.82. The van der Waals surface area contributed by atoms with Gasteiger partial charge in [-0.2, -0.15) is 0 Å². The van der Waals surface area contributed by atoms with Crippen LogP contribution < -0.4 is 10.1 Å². The first-order valence-electron chi connectivity index (χ1n) is 6.81. The largest absolute Gasteiger partial charge is 0.489 e. The van der Waals surface area contributed by atoms with E-state index in [0.29, 0.717) is 6.61 Å². The van der Waals surface area contributed by atoms with Crippen molar-refractivity contribution in [2.75, 3.05) is 19.7 Å². The van der Waals surface area contributed by atoms with E-state index in [1.54, 1.807) is 0 Å². The highest BCUT2D eigenvalue weighted by molar-refractivity contribution is 5.34. The topological polar surface area (TPSA) is 21.3 Å². The molecule has 0 aliphatic carbocycles. The molecular formula is C16H23NO. The second kappa shape index (κ2) is 6.60. The molecule has 1 fully saturated rings. The standard InChI is InChI=1S/C16H23NO/c1-13(2)12-18-16-6-4-3-5-15(16)11-14-7-9-17-10-8-14/h3-6,14,17H,1,7-12H2,2H3. The summed E-state index contributed by atoms with van der Waals surface area (Å²) in [6, 6.07) is 8.40. The monoisotopic (exact) mass is 245 g/mol. The number of ether oxygens (including phenoxy) is 1. The zero-order valence-corrected chi connectivity index (χ0v) is 11.2. The molecule has 2 nitrogen and oxygen atoms in total. The summed E-state index contributed by atoms with van der Waals surface area (Å²) >= 11 is 0. The number of hydrogen-bond acceptors (Lipinski definition) is 2. The van der Waals surface area contributed by atoms with E-state index in [0.717, 1.165) is 36.8 Å². The van der Waals surface area contributed by atoms with Gasteiger partial charge in [0.15, 0.2) is 0 Å². The zero-order chi connectivity index (χ0) is 12.8. The lowest BCUT2D eigenvalue weighted by molar-refractivity contribution is 0.336. The fourth-order valence-corrected chi connectivity index (χ4v) is 2.41. The van der Waals surface area contributed by atoms with Crippen LogP contribution in [0.25, 0.3) is 0 Å². The molecule has 0 radical (unpaired) electrons. The van der Waals surface area contributed by atoms with Crippen molar-refractivity contribution in [3.63, 3.8) is 0 Å². The van der Waals surface area contributed by atoms with Crippen molar-refractivity contribution in [2.24, 2.45) is 5.92 Å². The molecule has 2 rings (SSSR count). The summed E-state index contributed by atoms with van der Waals surface area (Å²) in [5, 5.41) is 3.41. The Balaban J connectivity index is 1.99. The molecule has 1 aromatic carbocycles. The first-order valence-corrected chi connectivity index (χ1v) is 6.81. The Morgan fingerprint density at radius 3 is 2.78 bits per heavy atom. The van der Waals surface area contributed by atoms with Gasteiger partial charge in [0, 0.05) is 0 Å². The lowest BCUT2D eigenvalue weighted by atomic mass is 9.91. The van der Waals surface area contributed by atoms with E-state index in [4.69, 9.17) is 4.74 Å². The fourth-order valence-electron chi connectivity index (χ4n) is 2.41. The highest BCUT2D eigenvalue weighted by Gasteiger charge is 2.15. The number of benzene rings is 1. The SMILES string of the molecule is C=C(C)COc1ccccc1CC1CCNCC1. The van der Waals surface area contributed by atoms with Crippen molar-refractivity contribution in [1.82, 2.24) is 5.32 Å². The number of nitrogens with one attached hydrogen (secondary N) is 1. The van der Waals surface area contributed by atoms with Crippen LogP contribution in [0.1, 0.15) is 25.3 Å². The molecule has 1 aliphatic rings. The van der Waals surface area contributed by atoms with Crippen molar-refractivity contribution in [3.05, 3.63) is 42.0 Å². The molecule has 1 aromatic rings. The molecule has 1 saturated heterocycles. The Kier molecular flexibility index (Phi) is 4.82. The molecule has 0 aromatic heterocycles. The van der Waals surface area contributed by atoms with Crippen LogP contribution in [0.2, 0.25) is 0 Å². The third-order valence-electron chi connectivity index (χ3n) is 3.41. The van der Waals surface area contributed by atoms with Crippen LogP contribution in [0.4, 0.5) is 0 Å². The van der Waals surface area contributed by atoms with E-state index in [2.05, 4.69) is 30.1 Å². The molecular weight excluding hydrogens is 222 g/mol. The zero-order valence-electron chi connectivity index (χ0n) is 11.2. The second-order valence-corrected chi connectivity index (χ2v) is 5.25. The highest BCUT2D eigenvalue weighted by Crippen LogP contribution is 2.25. The predicted molar refractivity (Wildman–Crippen MR) is 76.0 cm³/mol. The second-order valence-electron chi connectivity index (χ2n) is 5.25. The van der Waals surface area contributed by atoms with Crippen LogP contribution in [0.3, 0.4) is 0 Å². The van der Waals surface area contributed by atoms with E-state index < -0.39 is 0 Å². The summed E-state index contributed by atoms with van der Waals surface area (Å²) in [5.41, 5.74) is 2.40. The molecule has 2 heteroatoms. The lowest BCUT2D eigenvalue weighted by Crippen LogP contribution is -2.28. The molecule has 1 N–H and O–H groups in total. The quantitative estimate of drug-likeness (QED) is 0.804. The number of piperidine rings is 1. The minimum absolute atomic E-state index is 0.614. The molecule has 18 heavy (non-hydrogen) atoms. The van der Waals surface area contributed by atoms with E-state index in [1.165, 1.54) is 18.4 Å². The molecule has 0 bridgehead atoms. The predicted octanol–water partition coefficient (Wildman–Crippen LogP) is 3.18. The Morgan fingerprint density at radius 1 is 1.33 bits per heavy atom. The Bertz CT molecular complexity index is 394. The molecule has 0 unspecified atom stereocenters. The maximum atomic E-state index is 5.82. The van der Waals surface area contributed by atoms with Gasteiger partial charge in [-0.25, -0.2) is 0 Å². The van der Waals surface area contributed by atoms with Crippen LogP contribution in [0.15, 0.2) is 36.4 Å². The fraction of sp³-hybridized carbons (Fsp3) is 0.500. The molecule has 0 saturated carbocycles. The minimum Gasteiger partial charge on any atom is -0.489 e. The summed E-state index contributed by atoms with van der Waals surface area (Å²) in [7, 11) is 0. The molecule has 0 spiro atoms. The van der Waals surface area contributed by atoms with Gasteiger partial charge in [0.1, 0.15) is 12.4 Å². The maximum absolute atomic E-state index is 5.82. The van der Waals surface area contributed by atoms with Crippen molar-refractivity contribution < 1.29 is 4.74 Å². The number of para-hydroxylation sites is 1. The molecule has 1 heterocycles. The summed E-state index contributed by atoms with van der Waals surface area (Å²) in [6.07, 6.45) is 3.68. The summed E-state index contributed by atoms with van der Waals surface area (Å²) in [6.45, 7) is 8.80. The average Bonchev–Trinajstić information content (AvgIpc) is 2.39. The van der Waals surface area contributed by atoms with Gasteiger partial charge in [-0.3, -0.25) is 0 Å². The van der Waals surface area contributed by atoms with Crippen LogP contribution >= 0.6 is 0 Å². The summed E-state index contributed by atoms with van der Waals surface area (Å²) < 4.78 is 5.82. The first kappa shape index (κ1) is 13.2. The third-order valence-corrected chi connectivity index (χ3v) is 3.41. The Morgan fingerprint density at radius 2 is 2.06 bits per heavy atom. The van der Waals surface area contributed by atoms with Gasteiger partial charge < -0.3 is 10.1 Å². The van der Waals surface area contributed by atoms with Gasteiger partial charge >= 0.3 is 0 Å². The van der Waals surface area contributed by atoms with Gasteiger partial charge in [0.05, 0.1) is 0 Å². The van der Waals surface area contributed by atoms with Gasteiger partial charge in [0.2, 0.25) is 0 Å². The van der Waals surface area contributed by atoms with Crippen LogP contribution in [-0.4, -0.2) is 19.7 Å². The first-order chi connectivity index (χ1) is 8.75. The van der Waals surface area contributed by atoms with Crippen LogP contribution in [0.5, 0.6) is 5.75 Å². The number of rotatable bonds is 5. The average molecular weight is 245 g/mol. The molecule has 98 valence electrons. The van der Waals surface area contributed by atoms with Crippen LogP contribution in [0, 0.1) is 5.92 Å². The smallest absolute Gasteiger partial charge is 0.122 e. The normalized spacial score (nSPS) is 16.5. The number of hydrogen-bond donors (Lipinski definition) is 1. The van der Waals surface area contributed by atoms with Gasteiger partial charge in [0.25, 0.3) is 0 Å². The highest BCUT2D eigenvalue weighted by atomic mass is 16.5. The summed E-state index contributed by atoms with van der Waals surface area (Å²) in [4.78, 5) is 0.